The molecule has 1 saturated heterocycles. The number of rotatable bonds is 5. The SMILES string of the molecule is CCCC1CCN(C2CCCC(C#N)(NC(C)C)C2)C1. The first-order valence-electron chi connectivity index (χ1n) is 8.51. The van der Waals surface area contributed by atoms with Crippen LogP contribution in [0.1, 0.15) is 65.7 Å². The number of likely N-dealkylation sites (tertiary alicyclic amines) is 1. The van der Waals surface area contributed by atoms with Crippen LogP contribution in [0.25, 0.3) is 0 Å². The predicted octanol–water partition coefficient (Wildman–Crippen LogP) is 3.31. The molecule has 1 saturated carbocycles. The molecule has 0 amide bonds. The Morgan fingerprint density at radius 2 is 2.20 bits per heavy atom. The lowest BCUT2D eigenvalue weighted by Gasteiger charge is -2.41. The van der Waals surface area contributed by atoms with Gasteiger partial charge in [-0.15, -0.1) is 0 Å². The van der Waals surface area contributed by atoms with E-state index in [9.17, 15) is 5.26 Å². The first kappa shape index (κ1) is 15.8. The minimum Gasteiger partial charge on any atom is -0.300 e. The second-order valence-corrected chi connectivity index (χ2v) is 7.18. The van der Waals surface area contributed by atoms with Crippen LogP contribution < -0.4 is 5.32 Å². The molecule has 114 valence electrons. The number of hydrogen-bond acceptors (Lipinski definition) is 3. The van der Waals surface area contributed by atoms with E-state index in [4.69, 9.17) is 0 Å². The van der Waals surface area contributed by atoms with E-state index in [1.54, 1.807) is 0 Å². The van der Waals surface area contributed by atoms with Crippen molar-refractivity contribution in [2.75, 3.05) is 13.1 Å². The summed E-state index contributed by atoms with van der Waals surface area (Å²) in [5, 5.41) is 13.2. The molecular weight excluding hydrogens is 246 g/mol. The standard InChI is InChI=1S/C17H31N3/c1-4-6-15-8-10-20(12-15)16-7-5-9-17(11-16,13-18)19-14(2)3/h14-16,19H,4-12H2,1-3H3. The number of nitrogens with zero attached hydrogens (tertiary/aromatic N) is 2. The third-order valence-corrected chi connectivity index (χ3v) is 5.03. The van der Waals surface area contributed by atoms with Crippen LogP contribution in [0.4, 0.5) is 0 Å². The molecule has 20 heavy (non-hydrogen) atoms. The summed E-state index contributed by atoms with van der Waals surface area (Å²) >= 11 is 0. The van der Waals surface area contributed by atoms with Crippen LogP contribution in [0, 0.1) is 17.2 Å². The zero-order valence-electron chi connectivity index (χ0n) is 13.5. The monoisotopic (exact) mass is 277 g/mol. The molecular formula is C17H31N3. The molecule has 3 heteroatoms. The Labute approximate surface area is 124 Å². The van der Waals surface area contributed by atoms with Gasteiger partial charge in [-0.1, -0.05) is 13.3 Å². The summed E-state index contributed by atoms with van der Waals surface area (Å²) in [6.07, 6.45) is 8.54. The minimum absolute atomic E-state index is 0.278. The molecule has 3 nitrogen and oxygen atoms in total. The molecule has 0 aromatic rings. The average molecular weight is 277 g/mol. The van der Waals surface area contributed by atoms with E-state index in [0.29, 0.717) is 12.1 Å². The summed E-state index contributed by atoms with van der Waals surface area (Å²) in [4.78, 5) is 2.67. The van der Waals surface area contributed by atoms with Crippen molar-refractivity contribution in [1.29, 1.82) is 5.26 Å². The van der Waals surface area contributed by atoms with Crippen molar-refractivity contribution in [2.24, 2.45) is 5.92 Å². The van der Waals surface area contributed by atoms with E-state index < -0.39 is 0 Å². The molecule has 3 unspecified atom stereocenters. The molecule has 1 aliphatic carbocycles. The van der Waals surface area contributed by atoms with Crippen molar-refractivity contribution in [3.8, 4) is 6.07 Å². The Hall–Kier alpha value is -0.590. The van der Waals surface area contributed by atoms with Gasteiger partial charge in [0, 0.05) is 18.6 Å². The van der Waals surface area contributed by atoms with Crippen LogP contribution in [0.5, 0.6) is 0 Å². The maximum Gasteiger partial charge on any atom is 0.108 e. The Morgan fingerprint density at radius 1 is 1.40 bits per heavy atom. The van der Waals surface area contributed by atoms with Gasteiger partial charge in [-0.05, 0) is 64.8 Å². The third kappa shape index (κ3) is 3.74. The molecule has 1 N–H and O–H groups in total. The van der Waals surface area contributed by atoms with Gasteiger partial charge in [0.05, 0.1) is 6.07 Å². The summed E-state index contributed by atoms with van der Waals surface area (Å²) < 4.78 is 0. The first-order chi connectivity index (χ1) is 9.58. The van der Waals surface area contributed by atoms with E-state index in [2.05, 4.69) is 37.1 Å². The molecule has 2 rings (SSSR count). The smallest absolute Gasteiger partial charge is 0.108 e. The van der Waals surface area contributed by atoms with E-state index in [1.165, 1.54) is 45.2 Å². The van der Waals surface area contributed by atoms with Gasteiger partial charge in [-0.25, -0.2) is 0 Å². The van der Waals surface area contributed by atoms with E-state index in [-0.39, 0.29) is 5.54 Å². The average Bonchev–Trinajstić information content (AvgIpc) is 2.87. The fourth-order valence-corrected chi connectivity index (χ4v) is 4.21. The van der Waals surface area contributed by atoms with Crippen molar-refractivity contribution in [2.45, 2.75) is 83.3 Å². The summed E-state index contributed by atoms with van der Waals surface area (Å²) in [6.45, 7) is 9.10. The number of nitrogens with one attached hydrogen (secondary N) is 1. The topological polar surface area (TPSA) is 39.1 Å². The highest BCUT2D eigenvalue weighted by atomic mass is 15.2. The maximum absolute atomic E-state index is 9.66. The molecule has 2 fully saturated rings. The fourth-order valence-electron chi connectivity index (χ4n) is 4.21. The van der Waals surface area contributed by atoms with E-state index in [0.717, 1.165) is 18.8 Å². The molecule has 1 aliphatic heterocycles. The summed E-state index contributed by atoms with van der Waals surface area (Å²) in [7, 11) is 0. The zero-order valence-corrected chi connectivity index (χ0v) is 13.5. The van der Waals surface area contributed by atoms with Gasteiger partial charge in [0.2, 0.25) is 0 Å². The van der Waals surface area contributed by atoms with Crippen molar-refractivity contribution in [1.82, 2.24) is 10.2 Å². The highest BCUT2D eigenvalue weighted by molar-refractivity contribution is 5.12. The minimum atomic E-state index is -0.278. The Bertz CT molecular complexity index is 347. The van der Waals surface area contributed by atoms with Gasteiger partial charge in [0.15, 0.2) is 0 Å². The van der Waals surface area contributed by atoms with Crippen molar-refractivity contribution < 1.29 is 0 Å². The van der Waals surface area contributed by atoms with Crippen molar-refractivity contribution >= 4 is 0 Å². The van der Waals surface area contributed by atoms with Crippen LogP contribution in [-0.2, 0) is 0 Å². The molecule has 0 radical (unpaired) electrons. The third-order valence-electron chi connectivity index (χ3n) is 5.03. The van der Waals surface area contributed by atoms with Gasteiger partial charge in [-0.3, -0.25) is 10.2 Å². The zero-order chi connectivity index (χ0) is 14.6. The highest BCUT2D eigenvalue weighted by Crippen LogP contribution is 2.34. The van der Waals surface area contributed by atoms with Gasteiger partial charge in [0.25, 0.3) is 0 Å². The van der Waals surface area contributed by atoms with Crippen molar-refractivity contribution in [3.05, 3.63) is 0 Å². The molecule has 0 bridgehead atoms. The van der Waals surface area contributed by atoms with Gasteiger partial charge < -0.3 is 0 Å². The van der Waals surface area contributed by atoms with E-state index >= 15 is 0 Å². The second-order valence-electron chi connectivity index (χ2n) is 7.18. The Balaban J connectivity index is 1.95. The van der Waals surface area contributed by atoms with Crippen LogP contribution >= 0.6 is 0 Å². The number of hydrogen-bond donors (Lipinski definition) is 1. The molecule has 0 spiro atoms. The largest absolute Gasteiger partial charge is 0.300 e. The molecule has 2 aliphatic rings. The summed E-state index contributed by atoms with van der Waals surface area (Å²) in [5.41, 5.74) is -0.278. The van der Waals surface area contributed by atoms with E-state index in [1.807, 2.05) is 0 Å². The van der Waals surface area contributed by atoms with Gasteiger partial charge in [-0.2, -0.15) is 5.26 Å². The number of nitriles is 1. The van der Waals surface area contributed by atoms with Crippen LogP contribution in [0.15, 0.2) is 0 Å². The Kier molecular flexibility index (Phi) is 5.46. The van der Waals surface area contributed by atoms with Gasteiger partial charge in [0.1, 0.15) is 5.54 Å². The molecule has 0 aromatic heterocycles. The molecule has 0 aromatic carbocycles. The molecule has 1 heterocycles. The predicted molar refractivity (Wildman–Crippen MR) is 83.5 cm³/mol. The highest BCUT2D eigenvalue weighted by Gasteiger charge is 2.40. The quantitative estimate of drug-likeness (QED) is 0.838. The van der Waals surface area contributed by atoms with Crippen LogP contribution in [0.2, 0.25) is 0 Å². The van der Waals surface area contributed by atoms with Gasteiger partial charge >= 0.3 is 0 Å². The lowest BCUT2D eigenvalue weighted by atomic mass is 9.79. The first-order valence-corrected chi connectivity index (χ1v) is 8.51. The lowest BCUT2D eigenvalue weighted by Crippen LogP contribution is -2.54. The lowest BCUT2D eigenvalue weighted by molar-refractivity contribution is 0.134. The summed E-state index contributed by atoms with van der Waals surface area (Å²) in [5.74, 6) is 0.900. The maximum atomic E-state index is 9.66. The van der Waals surface area contributed by atoms with Crippen molar-refractivity contribution in [3.63, 3.8) is 0 Å². The van der Waals surface area contributed by atoms with Crippen LogP contribution in [0.3, 0.4) is 0 Å². The summed E-state index contributed by atoms with van der Waals surface area (Å²) in [6, 6.07) is 3.61. The second kappa shape index (κ2) is 6.91. The Morgan fingerprint density at radius 3 is 2.85 bits per heavy atom. The van der Waals surface area contributed by atoms with Crippen LogP contribution in [-0.4, -0.2) is 35.6 Å². The normalized spacial score (nSPS) is 35.4. The fraction of sp³-hybridized carbons (Fsp3) is 0.941. The molecule has 3 atom stereocenters.